The van der Waals surface area contributed by atoms with Gasteiger partial charge in [-0.25, -0.2) is 9.78 Å². The third kappa shape index (κ3) is 5.26. The molecule has 0 bridgehead atoms. The van der Waals surface area contributed by atoms with Gasteiger partial charge in [-0.15, -0.1) is 0 Å². The van der Waals surface area contributed by atoms with Gasteiger partial charge in [0, 0.05) is 29.9 Å². The molecule has 2 fully saturated rings. The Balaban J connectivity index is 1.45. The molecule has 32 heavy (non-hydrogen) atoms. The summed E-state index contributed by atoms with van der Waals surface area (Å²) in [5.41, 5.74) is 1.71. The smallest absolute Gasteiger partial charge is 0.407 e. The van der Waals surface area contributed by atoms with Crippen molar-refractivity contribution in [2.45, 2.75) is 83.1 Å². The Morgan fingerprint density at radius 3 is 2.59 bits per heavy atom. The monoisotopic (exact) mass is 440 g/mol. The average Bonchev–Trinajstić information content (AvgIpc) is 3.45. The second kappa shape index (κ2) is 9.53. The van der Waals surface area contributed by atoms with Crippen molar-refractivity contribution in [3.8, 4) is 11.5 Å². The molecule has 7 nitrogen and oxygen atoms in total. The van der Waals surface area contributed by atoms with Gasteiger partial charge in [0.1, 0.15) is 11.9 Å². The number of carbonyl (C=O) groups is 1. The van der Waals surface area contributed by atoms with Crippen molar-refractivity contribution in [3.05, 3.63) is 36.7 Å². The first-order valence-electron chi connectivity index (χ1n) is 11.8. The molecule has 2 aromatic rings. The number of anilines is 1. The topological polar surface area (TPSA) is 70.8 Å². The van der Waals surface area contributed by atoms with Gasteiger partial charge >= 0.3 is 6.09 Å². The molecular formula is C25H36N4O3. The maximum absolute atomic E-state index is 12.5. The van der Waals surface area contributed by atoms with E-state index < -0.39 is 5.60 Å². The fourth-order valence-electron chi connectivity index (χ4n) is 5.08. The van der Waals surface area contributed by atoms with Crippen molar-refractivity contribution < 1.29 is 13.9 Å². The van der Waals surface area contributed by atoms with Crippen LogP contribution in [0.3, 0.4) is 0 Å². The van der Waals surface area contributed by atoms with Crippen LogP contribution in [0.4, 0.5) is 10.5 Å². The number of hydrogen-bond acceptors (Lipinski definition) is 6. The van der Waals surface area contributed by atoms with Gasteiger partial charge in [0.15, 0.2) is 0 Å². The number of aromatic nitrogens is 1. The van der Waals surface area contributed by atoms with Gasteiger partial charge in [0.2, 0.25) is 5.89 Å². The fraction of sp³-hybridized carbons (Fsp3) is 0.600. The lowest BCUT2D eigenvalue weighted by Crippen LogP contribution is -2.57. The van der Waals surface area contributed by atoms with Crippen molar-refractivity contribution in [2.75, 3.05) is 18.5 Å². The molecule has 1 aromatic heterocycles. The minimum absolute atomic E-state index is 0.110. The Kier molecular flexibility index (Phi) is 6.74. The van der Waals surface area contributed by atoms with Gasteiger partial charge in [-0.1, -0.05) is 12.8 Å². The van der Waals surface area contributed by atoms with Crippen molar-refractivity contribution in [2.24, 2.45) is 0 Å². The van der Waals surface area contributed by atoms with E-state index in [1.807, 2.05) is 20.8 Å². The minimum Gasteiger partial charge on any atom is -0.445 e. The predicted octanol–water partition coefficient (Wildman–Crippen LogP) is 5.04. The first-order chi connectivity index (χ1) is 15.3. The predicted molar refractivity (Wildman–Crippen MR) is 125 cm³/mol. The maximum Gasteiger partial charge on any atom is 0.407 e. The first kappa shape index (κ1) is 22.6. The molecule has 2 aliphatic rings. The third-order valence-corrected chi connectivity index (χ3v) is 6.52. The highest BCUT2D eigenvalue weighted by Gasteiger charge is 2.37. The summed E-state index contributed by atoms with van der Waals surface area (Å²) in [7, 11) is 2.21. The maximum atomic E-state index is 12.5. The van der Waals surface area contributed by atoms with E-state index in [4.69, 9.17) is 9.15 Å². The molecule has 7 heteroatoms. The van der Waals surface area contributed by atoms with Crippen LogP contribution in [-0.2, 0) is 4.74 Å². The minimum atomic E-state index is -0.486. The molecular weight excluding hydrogens is 404 g/mol. The number of benzene rings is 1. The summed E-state index contributed by atoms with van der Waals surface area (Å²) in [5.74, 6) is 0.643. The summed E-state index contributed by atoms with van der Waals surface area (Å²) in [5, 5.41) is 3.17. The van der Waals surface area contributed by atoms with Crippen LogP contribution in [0.25, 0.3) is 11.5 Å². The number of carbonyl (C=O) groups excluding carboxylic acids is 1. The Hall–Kier alpha value is -2.54. The summed E-state index contributed by atoms with van der Waals surface area (Å²) in [4.78, 5) is 21.7. The molecule has 1 saturated carbocycles. The summed E-state index contributed by atoms with van der Waals surface area (Å²) >= 11 is 0. The second-order valence-electron chi connectivity index (χ2n) is 9.97. The Labute approximate surface area is 191 Å². The van der Waals surface area contributed by atoms with E-state index in [9.17, 15) is 4.79 Å². The van der Waals surface area contributed by atoms with Gasteiger partial charge in [-0.05, 0) is 77.8 Å². The lowest BCUT2D eigenvalue weighted by molar-refractivity contribution is 0.0413. The van der Waals surface area contributed by atoms with Gasteiger partial charge in [-0.2, -0.15) is 0 Å². The van der Waals surface area contributed by atoms with Crippen LogP contribution in [-0.4, -0.2) is 53.4 Å². The van der Waals surface area contributed by atoms with E-state index in [2.05, 4.69) is 51.4 Å². The zero-order valence-electron chi connectivity index (χ0n) is 19.7. The molecule has 3 atom stereocenters. The van der Waals surface area contributed by atoms with Gasteiger partial charge < -0.3 is 19.4 Å². The number of alkyl carbamates (subject to hydrolysis) is 1. The molecule has 1 amide bonds. The van der Waals surface area contributed by atoms with E-state index in [1.54, 1.807) is 12.5 Å². The number of likely N-dealkylation sites (N-methyl/N-ethyl adjacent to an activating group) is 1. The van der Waals surface area contributed by atoms with Gasteiger partial charge in [0.25, 0.3) is 0 Å². The summed E-state index contributed by atoms with van der Waals surface area (Å²) in [6.07, 6.45) is 9.96. The molecule has 1 aliphatic heterocycles. The van der Waals surface area contributed by atoms with Gasteiger partial charge in [0.05, 0.1) is 12.4 Å². The number of oxazole rings is 1. The average molecular weight is 441 g/mol. The SMILES string of the molecule is CN(C1CCCN1c1ccc(-c2ncco2)cc1)[C@@H]1CCCC[C@H]1NC(=O)OC(C)(C)C. The van der Waals surface area contributed by atoms with Crippen LogP contribution in [0, 0.1) is 0 Å². The molecule has 4 rings (SSSR count). The first-order valence-corrected chi connectivity index (χ1v) is 11.8. The van der Waals surface area contributed by atoms with Crippen LogP contribution in [0.1, 0.15) is 59.3 Å². The van der Waals surface area contributed by atoms with Crippen molar-refractivity contribution >= 4 is 11.8 Å². The zero-order valence-corrected chi connectivity index (χ0v) is 19.7. The molecule has 0 spiro atoms. The number of ether oxygens (including phenoxy) is 1. The molecule has 1 aliphatic carbocycles. The Morgan fingerprint density at radius 2 is 1.91 bits per heavy atom. The van der Waals surface area contributed by atoms with Gasteiger partial charge in [-0.3, -0.25) is 4.90 Å². The molecule has 1 N–H and O–H groups in total. The summed E-state index contributed by atoms with van der Waals surface area (Å²) in [6, 6.07) is 8.87. The highest BCUT2D eigenvalue weighted by atomic mass is 16.6. The number of nitrogens with zero attached hydrogens (tertiary/aromatic N) is 3. The lowest BCUT2D eigenvalue weighted by Gasteiger charge is -2.44. The number of amides is 1. The Morgan fingerprint density at radius 1 is 1.16 bits per heavy atom. The molecule has 1 aromatic carbocycles. The van der Waals surface area contributed by atoms with Crippen LogP contribution < -0.4 is 10.2 Å². The lowest BCUT2D eigenvalue weighted by atomic mass is 9.89. The molecule has 2 heterocycles. The molecule has 1 saturated heterocycles. The zero-order chi connectivity index (χ0) is 22.7. The van der Waals surface area contributed by atoms with E-state index in [0.717, 1.165) is 44.2 Å². The van der Waals surface area contributed by atoms with Crippen molar-refractivity contribution in [3.63, 3.8) is 0 Å². The highest BCUT2D eigenvalue weighted by molar-refractivity contribution is 5.68. The van der Waals surface area contributed by atoms with E-state index in [-0.39, 0.29) is 12.1 Å². The van der Waals surface area contributed by atoms with Crippen molar-refractivity contribution in [1.82, 2.24) is 15.2 Å². The second-order valence-corrected chi connectivity index (χ2v) is 9.97. The number of nitrogens with one attached hydrogen (secondary N) is 1. The fourth-order valence-corrected chi connectivity index (χ4v) is 5.08. The molecule has 1 unspecified atom stereocenters. The van der Waals surface area contributed by atoms with E-state index in [1.165, 1.54) is 12.1 Å². The quantitative estimate of drug-likeness (QED) is 0.703. The summed E-state index contributed by atoms with van der Waals surface area (Å²) < 4.78 is 11.0. The molecule has 174 valence electrons. The van der Waals surface area contributed by atoms with Crippen LogP contribution in [0.15, 0.2) is 41.1 Å². The van der Waals surface area contributed by atoms with E-state index >= 15 is 0 Å². The standard InChI is InChI=1S/C25H36N4O3/c1-25(2,3)32-24(30)27-20-8-5-6-9-21(20)28(4)22-10-7-16-29(22)19-13-11-18(12-14-19)23-26-15-17-31-23/h11-15,17,20-22H,5-10,16H2,1-4H3,(H,27,30)/t20-,21-,22?/m1/s1. The number of rotatable bonds is 5. The van der Waals surface area contributed by atoms with Crippen LogP contribution in [0.5, 0.6) is 0 Å². The Bertz CT molecular complexity index is 876. The summed E-state index contributed by atoms with van der Waals surface area (Å²) in [6.45, 7) is 6.74. The largest absolute Gasteiger partial charge is 0.445 e. The normalized spacial score (nSPS) is 24.0. The third-order valence-electron chi connectivity index (χ3n) is 6.52. The van der Waals surface area contributed by atoms with E-state index in [0.29, 0.717) is 18.1 Å². The molecule has 0 radical (unpaired) electrons. The number of hydrogen-bond donors (Lipinski definition) is 1. The van der Waals surface area contributed by atoms with Crippen molar-refractivity contribution in [1.29, 1.82) is 0 Å². The van der Waals surface area contributed by atoms with Crippen LogP contribution in [0.2, 0.25) is 0 Å². The van der Waals surface area contributed by atoms with Crippen LogP contribution >= 0.6 is 0 Å². The highest BCUT2D eigenvalue weighted by Crippen LogP contribution is 2.33.